The first kappa shape index (κ1) is 13.9. The van der Waals surface area contributed by atoms with Gasteiger partial charge in [-0.1, -0.05) is 0 Å². The molecule has 2 aromatic heterocycles. The number of hydrogen-bond donors (Lipinski definition) is 3. The Kier molecular flexibility index (Phi) is 3.82. The molecule has 1 amide bonds. The first-order valence-electron chi connectivity index (χ1n) is 5.80. The highest BCUT2D eigenvalue weighted by Gasteiger charge is 2.27. The van der Waals surface area contributed by atoms with E-state index < -0.39 is 5.60 Å². The molecule has 0 bridgehead atoms. The third-order valence-electron chi connectivity index (χ3n) is 2.76. The van der Waals surface area contributed by atoms with E-state index in [0.717, 1.165) is 10.2 Å². The fraction of sp³-hybridized carbons (Fsp3) is 0.308. The van der Waals surface area contributed by atoms with Gasteiger partial charge in [0, 0.05) is 10.7 Å². The lowest BCUT2D eigenvalue weighted by molar-refractivity contribution is 0.0322. The number of aromatic amines is 1. The van der Waals surface area contributed by atoms with Gasteiger partial charge in [-0.2, -0.15) is 0 Å². The molecular formula is C13H15BrN2O3. The number of aliphatic hydroxyl groups is 1. The second kappa shape index (κ2) is 5.22. The summed E-state index contributed by atoms with van der Waals surface area (Å²) in [6, 6.07) is 5.14. The minimum Gasteiger partial charge on any atom is -0.463 e. The standard InChI is InChI=1S/C13H15BrN2O3/c1-8-3-4-11(19-8)13(2,18)7-16-12(17)10-5-9(14)6-15-10/h3-6,15,18H,7H2,1-2H3,(H,16,17). The fourth-order valence-electron chi connectivity index (χ4n) is 1.66. The fourth-order valence-corrected chi connectivity index (χ4v) is 2.00. The summed E-state index contributed by atoms with van der Waals surface area (Å²) >= 11 is 3.25. The second-order valence-electron chi connectivity index (χ2n) is 4.60. The smallest absolute Gasteiger partial charge is 0.267 e. The maximum atomic E-state index is 11.8. The summed E-state index contributed by atoms with van der Waals surface area (Å²) in [6.07, 6.45) is 1.67. The van der Waals surface area contributed by atoms with E-state index in [1.807, 2.05) is 0 Å². The van der Waals surface area contributed by atoms with Crippen LogP contribution in [-0.2, 0) is 5.60 Å². The van der Waals surface area contributed by atoms with Crippen LogP contribution >= 0.6 is 15.9 Å². The first-order valence-corrected chi connectivity index (χ1v) is 6.59. The van der Waals surface area contributed by atoms with E-state index in [1.54, 1.807) is 38.2 Å². The third kappa shape index (κ3) is 3.27. The highest BCUT2D eigenvalue weighted by atomic mass is 79.9. The summed E-state index contributed by atoms with van der Waals surface area (Å²) in [5.41, 5.74) is -0.813. The Hall–Kier alpha value is -1.53. The van der Waals surface area contributed by atoms with Crippen LogP contribution in [0.15, 0.2) is 33.3 Å². The summed E-state index contributed by atoms with van der Waals surface area (Å²) in [7, 11) is 0. The molecule has 0 aromatic carbocycles. The normalized spacial score (nSPS) is 14.1. The topological polar surface area (TPSA) is 78.3 Å². The highest BCUT2D eigenvalue weighted by Crippen LogP contribution is 2.22. The number of furan rings is 1. The van der Waals surface area contributed by atoms with Crippen LogP contribution in [0, 0.1) is 6.92 Å². The molecule has 0 saturated carbocycles. The molecule has 102 valence electrons. The van der Waals surface area contributed by atoms with E-state index in [0.29, 0.717) is 11.5 Å². The molecule has 0 radical (unpaired) electrons. The Morgan fingerprint density at radius 1 is 1.58 bits per heavy atom. The van der Waals surface area contributed by atoms with Gasteiger partial charge in [0.15, 0.2) is 0 Å². The number of H-pyrrole nitrogens is 1. The lowest BCUT2D eigenvalue weighted by Gasteiger charge is -2.21. The van der Waals surface area contributed by atoms with Crippen LogP contribution in [-0.4, -0.2) is 22.5 Å². The van der Waals surface area contributed by atoms with Crippen molar-refractivity contribution in [2.45, 2.75) is 19.4 Å². The number of halogens is 1. The van der Waals surface area contributed by atoms with E-state index in [-0.39, 0.29) is 12.5 Å². The van der Waals surface area contributed by atoms with Gasteiger partial charge in [-0.05, 0) is 48.0 Å². The Morgan fingerprint density at radius 3 is 2.84 bits per heavy atom. The van der Waals surface area contributed by atoms with Crippen molar-refractivity contribution < 1.29 is 14.3 Å². The number of aryl methyl sites for hydroxylation is 1. The molecular weight excluding hydrogens is 312 g/mol. The van der Waals surface area contributed by atoms with Crippen molar-refractivity contribution in [1.29, 1.82) is 0 Å². The molecule has 0 aliphatic carbocycles. The number of carbonyl (C=O) groups excluding carboxylic acids is 1. The molecule has 0 aliphatic heterocycles. The van der Waals surface area contributed by atoms with Gasteiger partial charge in [-0.25, -0.2) is 0 Å². The molecule has 5 nitrogen and oxygen atoms in total. The minimum atomic E-state index is -1.24. The van der Waals surface area contributed by atoms with Gasteiger partial charge in [0.1, 0.15) is 22.8 Å². The summed E-state index contributed by atoms with van der Waals surface area (Å²) in [6.45, 7) is 3.46. The van der Waals surface area contributed by atoms with E-state index >= 15 is 0 Å². The molecule has 1 unspecified atom stereocenters. The zero-order valence-corrected chi connectivity index (χ0v) is 12.2. The van der Waals surface area contributed by atoms with Gasteiger partial charge in [-0.3, -0.25) is 4.79 Å². The number of carbonyl (C=O) groups is 1. The first-order chi connectivity index (χ1) is 8.88. The maximum absolute atomic E-state index is 11.8. The molecule has 0 saturated heterocycles. The number of amides is 1. The van der Waals surface area contributed by atoms with Crippen LogP contribution in [0.2, 0.25) is 0 Å². The summed E-state index contributed by atoms with van der Waals surface area (Å²) < 4.78 is 6.17. The zero-order chi connectivity index (χ0) is 14.0. The molecule has 19 heavy (non-hydrogen) atoms. The largest absolute Gasteiger partial charge is 0.463 e. The molecule has 0 spiro atoms. The number of rotatable bonds is 4. The van der Waals surface area contributed by atoms with Crippen LogP contribution in [0.3, 0.4) is 0 Å². The summed E-state index contributed by atoms with van der Waals surface area (Å²) in [5, 5.41) is 12.9. The number of aromatic nitrogens is 1. The monoisotopic (exact) mass is 326 g/mol. The Morgan fingerprint density at radius 2 is 2.32 bits per heavy atom. The van der Waals surface area contributed by atoms with Gasteiger partial charge < -0.3 is 19.8 Å². The van der Waals surface area contributed by atoms with Crippen molar-refractivity contribution in [3.63, 3.8) is 0 Å². The van der Waals surface area contributed by atoms with Crippen molar-refractivity contribution in [2.24, 2.45) is 0 Å². The highest BCUT2D eigenvalue weighted by molar-refractivity contribution is 9.10. The quantitative estimate of drug-likeness (QED) is 0.806. The summed E-state index contributed by atoms with van der Waals surface area (Å²) in [4.78, 5) is 14.7. The predicted octanol–water partition coefficient (Wildman–Crippen LogP) is 2.32. The van der Waals surface area contributed by atoms with E-state index in [4.69, 9.17) is 4.42 Å². The van der Waals surface area contributed by atoms with Crippen molar-refractivity contribution in [3.05, 3.63) is 46.1 Å². The average Bonchev–Trinajstić information content (AvgIpc) is 2.95. The zero-order valence-electron chi connectivity index (χ0n) is 10.7. The Balaban J connectivity index is 2.00. The number of hydrogen-bond acceptors (Lipinski definition) is 3. The van der Waals surface area contributed by atoms with Crippen LogP contribution in [0.1, 0.15) is 28.9 Å². The van der Waals surface area contributed by atoms with E-state index in [2.05, 4.69) is 26.2 Å². The number of nitrogens with one attached hydrogen (secondary N) is 2. The third-order valence-corrected chi connectivity index (χ3v) is 3.21. The summed E-state index contributed by atoms with van der Waals surface area (Å²) in [5.74, 6) is 0.863. The van der Waals surface area contributed by atoms with Gasteiger partial charge in [0.05, 0.1) is 6.54 Å². The average molecular weight is 327 g/mol. The van der Waals surface area contributed by atoms with E-state index in [1.165, 1.54) is 0 Å². The maximum Gasteiger partial charge on any atom is 0.267 e. The molecule has 2 heterocycles. The SMILES string of the molecule is Cc1ccc(C(C)(O)CNC(=O)c2cc(Br)c[nH]2)o1. The van der Waals surface area contributed by atoms with Crippen LogP contribution in [0.25, 0.3) is 0 Å². The molecule has 2 aromatic rings. The van der Waals surface area contributed by atoms with Crippen molar-refractivity contribution in [3.8, 4) is 0 Å². The van der Waals surface area contributed by atoms with Crippen molar-refractivity contribution in [2.75, 3.05) is 6.54 Å². The van der Waals surface area contributed by atoms with Crippen molar-refractivity contribution in [1.82, 2.24) is 10.3 Å². The molecule has 2 rings (SSSR count). The molecule has 6 heteroatoms. The lowest BCUT2D eigenvalue weighted by atomic mass is 10.0. The minimum absolute atomic E-state index is 0.0649. The lowest BCUT2D eigenvalue weighted by Crippen LogP contribution is -2.38. The van der Waals surface area contributed by atoms with Gasteiger partial charge in [0.25, 0.3) is 5.91 Å². The Labute approximate surface area is 119 Å². The predicted molar refractivity (Wildman–Crippen MR) is 73.8 cm³/mol. The Bertz CT molecular complexity index is 586. The van der Waals surface area contributed by atoms with Crippen molar-refractivity contribution >= 4 is 21.8 Å². The van der Waals surface area contributed by atoms with Crippen LogP contribution < -0.4 is 5.32 Å². The molecule has 3 N–H and O–H groups in total. The molecule has 0 fully saturated rings. The second-order valence-corrected chi connectivity index (χ2v) is 5.51. The van der Waals surface area contributed by atoms with Gasteiger partial charge >= 0.3 is 0 Å². The van der Waals surface area contributed by atoms with Crippen LogP contribution in [0.4, 0.5) is 0 Å². The van der Waals surface area contributed by atoms with Gasteiger partial charge in [-0.15, -0.1) is 0 Å². The molecule has 0 aliphatic rings. The molecule has 1 atom stereocenters. The van der Waals surface area contributed by atoms with Gasteiger partial charge in [0.2, 0.25) is 0 Å². The van der Waals surface area contributed by atoms with Crippen LogP contribution in [0.5, 0.6) is 0 Å². The van der Waals surface area contributed by atoms with E-state index in [9.17, 15) is 9.90 Å².